The molecule has 5 rings (SSSR count). The van der Waals surface area contributed by atoms with Crippen LogP contribution in [0.3, 0.4) is 0 Å². The summed E-state index contributed by atoms with van der Waals surface area (Å²) in [6.07, 6.45) is 2.50. The van der Waals surface area contributed by atoms with E-state index in [0.717, 1.165) is 30.0 Å². The largest absolute Gasteiger partial charge is 0.372 e. The van der Waals surface area contributed by atoms with E-state index in [0.29, 0.717) is 29.5 Å². The van der Waals surface area contributed by atoms with Crippen molar-refractivity contribution >= 4 is 40.4 Å². The number of nitrogens with zero attached hydrogens (tertiary/aromatic N) is 4. The first kappa shape index (κ1) is 21.3. The standard InChI is InChI=1S/C24H24Cl2FN5/c1-15(22-18(25)8-9-19(27)23(22)26)32-13-10-28-24-21(32)14-20(29-30-24)16-4-6-17(7-5-16)31-11-2-3-12-31/h4-9,14-15H,2-3,10-13H2,1H3,(H,28,30)/t15-/m1/s1. The van der Waals surface area contributed by atoms with Crippen LogP contribution in [0.25, 0.3) is 11.3 Å². The van der Waals surface area contributed by atoms with E-state index in [2.05, 4.69) is 49.6 Å². The van der Waals surface area contributed by atoms with Gasteiger partial charge in [0, 0.05) is 48.0 Å². The molecule has 3 heterocycles. The highest BCUT2D eigenvalue weighted by Crippen LogP contribution is 2.40. The van der Waals surface area contributed by atoms with Gasteiger partial charge in [0.05, 0.1) is 22.4 Å². The average molecular weight is 472 g/mol. The van der Waals surface area contributed by atoms with Gasteiger partial charge in [-0.15, -0.1) is 10.2 Å². The van der Waals surface area contributed by atoms with Gasteiger partial charge in [-0.25, -0.2) is 4.39 Å². The zero-order chi connectivity index (χ0) is 22.2. The third kappa shape index (κ3) is 3.86. The summed E-state index contributed by atoms with van der Waals surface area (Å²) in [6.45, 7) is 5.60. The Hall–Kier alpha value is -2.57. The number of anilines is 3. The molecule has 2 aromatic carbocycles. The summed E-state index contributed by atoms with van der Waals surface area (Å²) in [5.41, 5.74) is 4.50. The van der Waals surface area contributed by atoms with Crippen molar-refractivity contribution in [3.8, 4) is 11.3 Å². The predicted molar refractivity (Wildman–Crippen MR) is 130 cm³/mol. The molecule has 0 bridgehead atoms. The van der Waals surface area contributed by atoms with Crippen molar-refractivity contribution in [2.45, 2.75) is 25.8 Å². The van der Waals surface area contributed by atoms with Crippen LogP contribution < -0.4 is 15.1 Å². The molecule has 2 aliphatic heterocycles. The molecule has 5 nitrogen and oxygen atoms in total. The molecule has 1 fully saturated rings. The van der Waals surface area contributed by atoms with Crippen molar-refractivity contribution in [2.24, 2.45) is 0 Å². The highest BCUT2D eigenvalue weighted by molar-refractivity contribution is 6.36. The van der Waals surface area contributed by atoms with Crippen LogP contribution in [0.5, 0.6) is 0 Å². The second-order valence-electron chi connectivity index (χ2n) is 8.26. The smallest absolute Gasteiger partial charge is 0.172 e. The van der Waals surface area contributed by atoms with E-state index in [4.69, 9.17) is 23.2 Å². The van der Waals surface area contributed by atoms with Crippen LogP contribution in [0.2, 0.25) is 10.0 Å². The summed E-state index contributed by atoms with van der Waals surface area (Å²) < 4.78 is 14.2. The quantitative estimate of drug-likeness (QED) is 0.460. The summed E-state index contributed by atoms with van der Waals surface area (Å²) in [5.74, 6) is 0.226. The molecule has 0 unspecified atom stereocenters. The lowest BCUT2D eigenvalue weighted by Crippen LogP contribution is -2.37. The van der Waals surface area contributed by atoms with Crippen LogP contribution in [0.4, 0.5) is 21.6 Å². The van der Waals surface area contributed by atoms with Crippen LogP contribution in [0, 0.1) is 5.82 Å². The molecule has 8 heteroatoms. The van der Waals surface area contributed by atoms with Crippen LogP contribution in [-0.2, 0) is 0 Å². The molecule has 3 aromatic rings. The van der Waals surface area contributed by atoms with E-state index in [9.17, 15) is 4.39 Å². The van der Waals surface area contributed by atoms with Crippen molar-refractivity contribution < 1.29 is 4.39 Å². The predicted octanol–water partition coefficient (Wildman–Crippen LogP) is 6.18. The summed E-state index contributed by atoms with van der Waals surface area (Å²) in [4.78, 5) is 4.55. The van der Waals surface area contributed by atoms with Crippen molar-refractivity contribution in [1.82, 2.24) is 10.2 Å². The Bertz CT molecular complexity index is 1130. The third-order valence-corrected chi connectivity index (χ3v) is 7.04. The lowest BCUT2D eigenvalue weighted by molar-refractivity contribution is 0.614. The van der Waals surface area contributed by atoms with Gasteiger partial charge in [0.25, 0.3) is 0 Å². The molecule has 32 heavy (non-hydrogen) atoms. The maximum atomic E-state index is 14.2. The van der Waals surface area contributed by atoms with Crippen LogP contribution in [0.15, 0.2) is 42.5 Å². The molecule has 166 valence electrons. The number of rotatable bonds is 4. The van der Waals surface area contributed by atoms with Crippen molar-refractivity contribution in [3.63, 3.8) is 0 Å². The number of hydrogen-bond acceptors (Lipinski definition) is 5. The molecule has 0 radical (unpaired) electrons. The molecule has 1 aromatic heterocycles. The van der Waals surface area contributed by atoms with Gasteiger partial charge in [-0.05, 0) is 50.1 Å². The monoisotopic (exact) mass is 471 g/mol. The first-order valence-electron chi connectivity index (χ1n) is 10.9. The minimum atomic E-state index is -0.472. The van der Waals surface area contributed by atoms with Gasteiger partial charge in [-0.3, -0.25) is 0 Å². The maximum Gasteiger partial charge on any atom is 0.172 e. The SMILES string of the molecule is C[C@H](c1c(Cl)ccc(F)c1Cl)N1CCNc2nnc(-c3ccc(N4CCCC4)cc3)cc21. The Balaban J connectivity index is 1.48. The normalized spacial score (nSPS) is 16.6. The maximum absolute atomic E-state index is 14.2. The van der Waals surface area contributed by atoms with Gasteiger partial charge in [0.15, 0.2) is 5.82 Å². The second kappa shape index (κ2) is 8.75. The third-order valence-electron chi connectivity index (χ3n) is 6.33. The summed E-state index contributed by atoms with van der Waals surface area (Å²) in [7, 11) is 0. The van der Waals surface area contributed by atoms with E-state index in [-0.39, 0.29) is 11.1 Å². The van der Waals surface area contributed by atoms with Gasteiger partial charge >= 0.3 is 0 Å². The lowest BCUT2D eigenvalue weighted by Gasteiger charge is -2.36. The van der Waals surface area contributed by atoms with E-state index in [1.54, 1.807) is 6.07 Å². The molecule has 0 spiro atoms. The fraction of sp³-hybridized carbons (Fsp3) is 0.333. The lowest BCUT2D eigenvalue weighted by atomic mass is 10.0. The Morgan fingerprint density at radius 3 is 2.50 bits per heavy atom. The highest BCUT2D eigenvalue weighted by atomic mass is 35.5. The van der Waals surface area contributed by atoms with Crippen molar-refractivity contribution in [1.29, 1.82) is 0 Å². The minimum Gasteiger partial charge on any atom is -0.372 e. The van der Waals surface area contributed by atoms with Crippen LogP contribution >= 0.6 is 23.2 Å². The number of aromatic nitrogens is 2. The molecular weight excluding hydrogens is 448 g/mol. The summed E-state index contributed by atoms with van der Waals surface area (Å²) in [5, 5.41) is 12.7. The fourth-order valence-electron chi connectivity index (χ4n) is 4.59. The van der Waals surface area contributed by atoms with Crippen LogP contribution in [-0.4, -0.2) is 36.4 Å². The number of fused-ring (bicyclic) bond motifs is 1. The fourth-order valence-corrected chi connectivity index (χ4v) is 5.27. The van der Waals surface area contributed by atoms with Crippen molar-refractivity contribution in [3.05, 3.63) is 63.9 Å². The Morgan fingerprint density at radius 1 is 1.00 bits per heavy atom. The van der Waals surface area contributed by atoms with E-state index < -0.39 is 5.82 Å². The summed E-state index contributed by atoms with van der Waals surface area (Å²) in [6, 6.07) is 13.1. The molecule has 1 atom stereocenters. The molecule has 2 aliphatic rings. The number of benzene rings is 2. The Labute approximate surface area is 197 Å². The molecule has 1 saturated heterocycles. The van der Waals surface area contributed by atoms with E-state index >= 15 is 0 Å². The van der Waals surface area contributed by atoms with Gasteiger partial charge in [-0.1, -0.05) is 35.3 Å². The number of hydrogen-bond donors (Lipinski definition) is 1. The van der Waals surface area contributed by atoms with Gasteiger partial charge in [0.1, 0.15) is 5.82 Å². The number of nitrogens with one attached hydrogen (secondary N) is 1. The molecule has 0 saturated carbocycles. The molecule has 0 aliphatic carbocycles. The van der Waals surface area contributed by atoms with Gasteiger partial charge < -0.3 is 15.1 Å². The second-order valence-corrected chi connectivity index (χ2v) is 9.04. The van der Waals surface area contributed by atoms with Crippen molar-refractivity contribution in [2.75, 3.05) is 41.3 Å². The minimum absolute atomic E-state index is 0.0600. The molecule has 0 amide bonds. The van der Waals surface area contributed by atoms with E-state index in [1.165, 1.54) is 24.6 Å². The zero-order valence-corrected chi connectivity index (χ0v) is 19.3. The highest BCUT2D eigenvalue weighted by Gasteiger charge is 2.28. The zero-order valence-electron chi connectivity index (χ0n) is 17.8. The first-order valence-corrected chi connectivity index (χ1v) is 11.7. The van der Waals surface area contributed by atoms with Gasteiger partial charge in [-0.2, -0.15) is 0 Å². The number of halogens is 3. The average Bonchev–Trinajstić information content (AvgIpc) is 3.36. The Morgan fingerprint density at radius 2 is 1.75 bits per heavy atom. The van der Waals surface area contributed by atoms with Crippen LogP contribution in [0.1, 0.15) is 31.4 Å². The first-order chi connectivity index (χ1) is 15.5. The van der Waals surface area contributed by atoms with Gasteiger partial charge in [0.2, 0.25) is 0 Å². The summed E-state index contributed by atoms with van der Waals surface area (Å²) >= 11 is 12.7. The molecular formula is C24H24Cl2FN5. The molecule has 1 N–H and O–H groups in total. The topological polar surface area (TPSA) is 44.3 Å². The Kier molecular flexibility index (Phi) is 5.82. The van der Waals surface area contributed by atoms with E-state index in [1.807, 2.05) is 13.0 Å².